The van der Waals surface area contributed by atoms with Crippen LogP contribution in [0.5, 0.6) is 5.75 Å². The highest BCUT2D eigenvalue weighted by Crippen LogP contribution is 2.40. The van der Waals surface area contributed by atoms with Crippen molar-refractivity contribution in [1.29, 1.82) is 0 Å². The van der Waals surface area contributed by atoms with Crippen molar-refractivity contribution in [2.45, 2.75) is 78.0 Å². The number of hydrogen-bond donors (Lipinski definition) is 1. The molecule has 2 aliphatic heterocycles. The number of carbonyl (C=O) groups is 2. The highest BCUT2D eigenvalue weighted by atomic mass is 16.5. The van der Waals surface area contributed by atoms with Crippen LogP contribution in [-0.2, 0) is 16.0 Å². The van der Waals surface area contributed by atoms with Crippen LogP contribution in [0, 0.1) is 0 Å². The van der Waals surface area contributed by atoms with Gasteiger partial charge in [0.2, 0.25) is 0 Å². The lowest BCUT2D eigenvalue weighted by Gasteiger charge is -2.40. The summed E-state index contributed by atoms with van der Waals surface area (Å²) in [5.41, 5.74) is 1.34. The SMILES string of the molecule is CCc1cc2c(cc1C(=O)N(C(C)C)[C@@H]1CCCNC1)N(CCCOC)C(=O)C(C)(C)O2. The zero-order valence-corrected chi connectivity index (χ0v) is 20.5. The first-order valence-electron chi connectivity index (χ1n) is 11.9. The zero-order valence-electron chi connectivity index (χ0n) is 20.5. The van der Waals surface area contributed by atoms with E-state index < -0.39 is 5.60 Å². The molecule has 2 amide bonds. The number of anilines is 1. The second kappa shape index (κ2) is 10.2. The zero-order chi connectivity index (χ0) is 23.5. The topological polar surface area (TPSA) is 71.1 Å². The van der Waals surface area contributed by atoms with Gasteiger partial charge < -0.3 is 24.6 Å². The van der Waals surface area contributed by atoms with E-state index in [1.807, 2.05) is 17.0 Å². The van der Waals surface area contributed by atoms with Gasteiger partial charge in [-0.1, -0.05) is 6.92 Å². The number of hydrogen-bond acceptors (Lipinski definition) is 5. The number of nitrogens with one attached hydrogen (secondary N) is 1. The Morgan fingerprint density at radius 3 is 2.72 bits per heavy atom. The maximum absolute atomic E-state index is 13.9. The average molecular weight is 446 g/mol. The van der Waals surface area contributed by atoms with Crippen LogP contribution in [0.3, 0.4) is 0 Å². The fourth-order valence-electron chi connectivity index (χ4n) is 4.77. The molecule has 0 saturated carbocycles. The number of amides is 2. The van der Waals surface area contributed by atoms with E-state index in [1.54, 1.807) is 25.9 Å². The summed E-state index contributed by atoms with van der Waals surface area (Å²) in [6.45, 7) is 12.7. The van der Waals surface area contributed by atoms with Crippen LogP contribution in [0.25, 0.3) is 0 Å². The van der Waals surface area contributed by atoms with Gasteiger partial charge in [0.25, 0.3) is 11.8 Å². The molecule has 0 aliphatic carbocycles. The molecule has 1 N–H and O–H groups in total. The fourth-order valence-corrected chi connectivity index (χ4v) is 4.77. The molecule has 7 nitrogen and oxygen atoms in total. The second-order valence-corrected chi connectivity index (χ2v) is 9.55. The number of benzene rings is 1. The van der Waals surface area contributed by atoms with Crippen LogP contribution < -0.4 is 15.0 Å². The van der Waals surface area contributed by atoms with Crippen LogP contribution >= 0.6 is 0 Å². The summed E-state index contributed by atoms with van der Waals surface area (Å²) in [7, 11) is 1.66. The largest absolute Gasteiger partial charge is 0.476 e. The number of methoxy groups -OCH3 is 1. The third kappa shape index (κ3) is 4.94. The van der Waals surface area contributed by atoms with Crippen LogP contribution in [0.2, 0.25) is 0 Å². The molecular weight excluding hydrogens is 406 g/mol. The van der Waals surface area contributed by atoms with E-state index in [0.717, 1.165) is 31.5 Å². The predicted octanol–water partition coefficient (Wildman–Crippen LogP) is 3.39. The third-order valence-corrected chi connectivity index (χ3v) is 6.40. The normalized spacial score (nSPS) is 20.2. The summed E-state index contributed by atoms with van der Waals surface area (Å²) in [5.74, 6) is 0.597. The number of piperidine rings is 1. The molecule has 0 radical (unpaired) electrons. The Morgan fingerprint density at radius 1 is 1.38 bits per heavy atom. The molecule has 1 saturated heterocycles. The van der Waals surface area contributed by atoms with Gasteiger partial charge in [-0.15, -0.1) is 0 Å². The quantitative estimate of drug-likeness (QED) is 0.621. The van der Waals surface area contributed by atoms with Crippen molar-refractivity contribution >= 4 is 17.5 Å². The summed E-state index contributed by atoms with van der Waals surface area (Å²) in [5, 5.41) is 3.43. The summed E-state index contributed by atoms with van der Waals surface area (Å²) in [4.78, 5) is 30.8. The van der Waals surface area contributed by atoms with Crippen molar-refractivity contribution in [3.8, 4) is 5.75 Å². The van der Waals surface area contributed by atoms with E-state index in [9.17, 15) is 9.59 Å². The summed E-state index contributed by atoms with van der Waals surface area (Å²) >= 11 is 0. The number of ether oxygens (including phenoxy) is 2. The minimum absolute atomic E-state index is 0.0301. The molecular formula is C25H39N3O4. The van der Waals surface area contributed by atoms with Crippen molar-refractivity contribution in [3.63, 3.8) is 0 Å². The Kier molecular flexibility index (Phi) is 7.83. The van der Waals surface area contributed by atoms with Crippen LogP contribution in [0.15, 0.2) is 12.1 Å². The maximum Gasteiger partial charge on any atom is 0.270 e. The van der Waals surface area contributed by atoms with Gasteiger partial charge >= 0.3 is 0 Å². The molecule has 3 rings (SSSR count). The van der Waals surface area contributed by atoms with E-state index in [1.165, 1.54) is 0 Å². The molecule has 0 aromatic heterocycles. The number of carbonyl (C=O) groups excluding carboxylic acids is 2. The van der Waals surface area contributed by atoms with E-state index in [-0.39, 0.29) is 23.9 Å². The van der Waals surface area contributed by atoms with Gasteiger partial charge in [-0.05, 0) is 77.6 Å². The highest BCUT2D eigenvalue weighted by molar-refractivity contribution is 6.05. The number of rotatable bonds is 8. The lowest BCUT2D eigenvalue weighted by molar-refractivity contribution is -0.132. The van der Waals surface area contributed by atoms with Crippen molar-refractivity contribution in [2.24, 2.45) is 0 Å². The molecule has 1 fully saturated rings. The van der Waals surface area contributed by atoms with Crippen LogP contribution in [0.1, 0.15) is 69.8 Å². The molecule has 1 atom stereocenters. The molecule has 2 aliphatic rings. The summed E-state index contributed by atoms with van der Waals surface area (Å²) in [6, 6.07) is 4.09. The Labute approximate surface area is 192 Å². The summed E-state index contributed by atoms with van der Waals surface area (Å²) < 4.78 is 11.3. The molecule has 0 bridgehead atoms. The van der Waals surface area contributed by atoms with Gasteiger partial charge in [0, 0.05) is 44.5 Å². The first kappa shape index (κ1) is 24.5. The summed E-state index contributed by atoms with van der Waals surface area (Å²) in [6.07, 6.45) is 3.49. The van der Waals surface area contributed by atoms with Gasteiger partial charge in [-0.2, -0.15) is 0 Å². The Hall–Kier alpha value is -2.12. The molecule has 2 heterocycles. The van der Waals surface area contributed by atoms with Crippen molar-refractivity contribution < 1.29 is 19.1 Å². The van der Waals surface area contributed by atoms with E-state index in [4.69, 9.17) is 9.47 Å². The van der Waals surface area contributed by atoms with E-state index >= 15 is 0 Å². The van der Waals surface area contributed by atoms with Gasteiger partial charge in [0.1, 0.15) is 5.75 Å². The molecule has 7 heteroatoms. The minimum atomic E-state index is -0.950. The minimum Gasteiger partial charge on any atom is -0.476 e. The monoisotopic (exact) mass is 445 g/mol. The molecule has 1 aromatic rings. The van der Waals surface area contributed by atoms with Gasteiger partial charge in [0.15, 0.2) is 5.60 Å². The second-order valence-electron chi connectivity index (χ2n) is 9.55. The number of nitrogens with zero attached hydrogens (tertiary/aromatic N) is 2. The van der Waals surface area contributed by atoms with Crippen molar-refractivity contribution in [2.75, 3.05) is 38.3 Å². The standard InChI is InChI=1S/C25H39N3O4/c1-7-18-14-22-21(27(12-9-13-31-6)24(30)25(4,5)32-22)15-20(18)23(29)28(17(2)3)19-10-8-11-26-16-19/h14-15,17,19,26H,7-13,16H2,1-6H3/t19-/m1/s1. The predicted molar refractivity (Wildman–Crippen MR) is 127 cm³/mol. The Balaban J connectivity index is 2.03. The Bertz CT molecular complexity index is 831. The van der Waals surface area contributed by atoms with Gasteiger partial charge in [0.05, 0.1) is 5.69 Å². The smallest absolute Gasteiger partial charge is 0.270 e. The highest BCUT2D eigenvalue weighted by Gasteiger charge is 2.41. The van der Waals surface area contributed by atoms with Crippen molar-refractivity contribution in [3.05, 3.63) is 23.3 Å². The van der Waals surface area contributed by atoms with Crippen molar-refractivity contribution in [1.82, 2.24) is 10.2 Å². The molecule has 178 valence electrons. The molecule has 0 spiro atoms. The van der Waals surface area contributed by atoms with Crippen LogP contribution in [-0.4, -0.2) is 67.7 Å². The fraction of sp³-hybridized carbons (Fsp3) is 0.680. The lowest BCUT2D eigenvalue weighted by Crippen LogP contribution is -2.53. The molecule has 1 aromatic carbocycles. The van der Waals surface area contributed by atoms with E-state index in [0.29, 0.717) is 43.0 Å². The molecule has 0 unspecified atom stereocenters. The average Bonchev–Trinajstić information content (AvgIpc) is 2.76. The van der Waals surface area contributed by atoms with E-state index in [2.05, 4.69) is 26.1 Å². The van der Waals surface area contributed by atoms with Gasteiger partial charge in [-0.3, -0.25) is 9.59 Å². The lowest BCUT2D eigenvalue weighted by atomic mass is 9.96. The maximum atomic E-state index is 13.9. The number of aryl methyl sites for hydroxylation is 1. The third-order valence-electron chi connectivity index (χ3n) is 6.40. The first-order chi connectivity index (χ1) is 15.2. The molecule has 32 heavy (non-hydrogen) atoms. The van der Waals surface area contributed by atoms with Crippen LogP contribution in [0.4, 0.5) is 5.69 Å². The number of fused-ring (bicyclic) bond motifs is 1. The Morgan fingerprint density at radius 2 is 2.12 bits per heavy atom. The first-order valence-corrected chi connectivity index (χ1v) is 11.9. The van der Waals surface area contributed by atoms with Gasteiger partial charge in [-0.25, -0.2) is 0 Å².